The molecule has 148 valence electrons. The number of anilines is 1. The summed E-state index contributed by atoms with van der Waals surface area (Å²) in [5.74, 6) is -0.743. The second kappa shape index (κ2) is 10.9. The van der Waals surface area contributed by atoms with Gasteiger partial charge in [0.25, 0.3) is 0 Å². The normalized spacial score (nSPS) is 11.3. The number of fused-ring (bicyclic) bond motifs is 1. The topological polar surface area (TPSA) is 82.3 Å². The molecule has 0 spiro atoms. The Morgan fingerprint density at radius 2 is 1.63 bits per heavy atom. The standard InChI is InChI=1S/C9H11ClFNO.C9H8FN.C2H6O/c1-5-2-3-6(11)8(9(5)12)7(13)4-10;1-6-2-3-8(10)7-4-5-11-9(6)7;1-2-3/h2-3,7,13H,4,12H2,1H3;2-5,11H,1H3;3H,2H2,1H3. The lowest BCUT2D eigenvalue weighted by Crippen LogP contribution is -2.07. The number of rotatable bonds is 2. The highest BCUT2D eigenvalue weighted by Gasteiger charge is 2.16. The van der Waals surface area contributed by atoms with Crippen LogP contribution in [-0.2, 0) is 0 Å². The summed E-state index contributed by atoms with van der Waals surface area (Å²) in [7, 11) is 0. The zero-order valence-electron chi connectivity index (χ0n) is 15.6. The molecule has 0 amide bonds. The van der Waals surface area contributed by atoms with Crippen LogP contribution in [0.5, 0.6) is 0 Å². The third kappa shape index (κ3) is 5.92. The molecule has 27 heavy (non-hydrogen) atoms. The third-order valence-electron chi connectivity index (χ3n) is 3.81. The van der Waals surface area contributed by atoms with Gasteiger partial charge in [0, 0.05) is 29.4 Å². The van der Waals surface area contributed by atoms with Crippen molar-refractivity contribution in [2.24, 2.45) is 0 Å². The molecule has 1 heterocycles. The molecule has 0 saturated heterocycles. The number of hydrogen-bond donors (Lipinski definition) is 4. The molecule has 3 rings (SSSR count). The minimum absolute atomic E-state index is 0.0649. The van der Waals surface area contributed by atoms with Crippen LogP contribution in [0.25, 0.3) is 10.9 Å². The van der Waals surface area contributed by atoms with Crippen LogP contribution >= 0.6 is 11.6 Å². The second-order valence-corrected chi connectivity index (χ2v) is 6.12. The zero-order valence-corrected chi connectivity index (χ0v) is 16.3. The quantitative estimate of drug-likeness (QED) is 0.376. The van der Waals surface area contributed by atoms with E-state index in [4.69, 9.17) is 22.4 Å². The third-order valence-corrected chi connectivity index (χ3v) is 4.10. The van der Waals surface area contributed by atoms with Crippen molar-refractivity contribution in [2.75, 3.05) is 18.2 Å². The van der Waals surface area contributed by atoms with Gasteiger partial charge >= 0.3 is 0 Å². The summed E-state index contributed by atoms with van der Waals surface area (Å²) in [4.78, 5) is 2.99. The minimum Gasteiger partial charge on any atom is -0.398 e. The van der Waals surface area contributed by atoms with Crippen LogP contribution in [0.4, 0.5) is 14.5 Å². The number of aromatic amines is 1. The Kier molecular flexibility index (Phi) is 9.21. The van der Waals surface area contributed by atoms with Crippen LogP contribution < -0.4 is 5.73 Å². The molecule has 0 bridgehead atoms. The fraction of sp³-hybridized carbons (Fsp3) is 0.300. The molecule has 5 N–H and O–H groups in total. The first-order chi connectivity index (χ1) is 12.8. The Balaban J connectivity index is 0.000000238. The molecule has 1 aromatic heterocycles. The molecule has 0 aliphatic carbocycles. The van der Waals surface area contributed by atoms with Crippen molar-refractivity contribution in [3.8, 4) is 0 Å². The van der Waals surface area contributed by atoms with E-state index in [-0.39, 0.29) is 29.6 Å². The highest BCUT2D eigenvalue weighted by atomic mass is 35.5. The Bertz CT molecular complexity index is 833. The molecule has 0 aliphatic heterocycles. The van der Waals surface area contributed by atoms with E-state index < -0.39 is 11.9 Å². The van der Waals surface area contributed by atoms with Crippen molar-refractivity contribution in [1.29, 1.82) is 0 Å². The van der Waals surface area contributed by atoms with Gasteiger partial charge in [-0.05, 0) is 50.1 Å². The largest absolute Gasteiger partial charge is 0.398 e. The molecule has 3 aromatic rings. The van der Waals surface area contributed by atoms with Crippen LogP contribution in [0.2, 0.25) is 0 Å². The van der Waals surface area contributed by atoms with Gasteiger partial charge in [0.05, 0.1) is 17.5 Å². The lowest BCUT2D eigenvalue weighted by Gasteiger charge is -2.13. The summed E-state index contributed by atoms with van der Waals surface area (Å²) in [6, 6.07) is 7.85. The van der Waals surface area contributed by atoms with Crippen LogP contribution in [0.15, 0.2) is 36.5 Å². The number of nitrogen functional groups attached to an aromatic ring is 1. The molecule has 4 nitrogen and oxygen atoms in total. The second-order valence-electron chi connectivity index (χ2n) is 5.81. The molecule has 1 atom stereocenters. The number of aliphatic hydroxyl groups excluding tert-OH is 2. The van der Waals surface area contributed by atoms with Crippen LogP contribution in [-0.4, -0.2) is 27.7 Å². The Morgan fingerprint density at radius 3 is 2.19 bits per heavy atom. The average Bonchev–Trinajstić information content (AvgIpc) is 3.14. The molecule has 1 unspecified atom stereocenters. The summed E-state index contributed by atoms with van der Waals surface area (Å²) < 4.78 is 26.1. The van der Waals surface area contributed by atoms with Crippen molar-refractivity contribution in [3.05, 3.63) is 64.9 Å². The van der Waals surface area contributed by atoms with Crippen molar-refractivity contribution >= 4 is 28.2 Å². The summed E-state index contributed by atoms with van der Waals surface area (Å²) in [5, 5.41) is 17.6. The number of hydrogen-bond acceptors (Lipinski definition) is 3. The van der Waals surface area contributed by atoms with E-state index in [2.05, 4.69) is 4.98 Å². The van der Waals surface area contributed by atoms with E-state index in [0.29, 0.717) is 5.39 Å². The van der Waals surface area contributed by atoms with E-state index in [9.17, 15) is 13.9 Å². The molecule has 7 heteroatoms. The summed E-state index contributed by atoms with van der Waals surface area (Å²) >= 11 is 5.41. The highest BCUT2D eigenvalue weighted by Crippen LogP contribution is 2.27. The van der Waals surface area contributed by atoms with E-state index in [1.165, 1.54) is 12.1 Å². The van der Waals surface area contributed by atoms with Crippen LogP contribution in [0.3, 0.4) is 0 Å². The first kappa shape index (κ1) is 22.9. The lowest BCUT2D eigenvalue weighted by atomic mass is 10.0. The van der Waals surface area contributed by atoms with Crippen LogP contribution in [0.1, 0.15) is 29.7 Å². The molecule has 0 radical (unpaired) electrons. The monoisotopic (exact) mass is 398 g/mol. The highest BCUT2D eigenvalue weighted by molar-refractivity contribution is 6.18. The first-order valence-corrected chi connectivity index (χ1v) is 8.93. The summed E-state index contributed by atoms with van der Waals surface area (Å²) in [5.41, 5.74) is 8.67. The predicted octanol–water partition coefficient (Wildman–Crippen LogP) is 4.60. The molecule has 0 fully saturated rings. The fourth-order valence-corrected chi connectivity index (χ4v) is 2.55. The van der Waals surface area contributed by atoms with E-state index in [0.717, 1.165) is 16.6 Å². The van der Waals surface area contributed by atoms with Gasteiger partial charge in [0.15, 0.2) is 0 Å². The summed E-state index contributed by atoms with van der Waals surface area (Å²) in [6.45, 7) is 5.64. The SMILES string of the molecule is CCO.Cc1ccc(F)c(C(O)CCl)c1N.Cc1ccc(F)c2cc[nH]c12. The van der Waals surface area contributed by atoms with Gasteiger partial charge in [-0.2, -0.15) is 0 Å². The average molecular weight is 399 g/mol. The van der Waals surface area contributed by atoms with Crippen molar-refractivity contribution in [2.45, 2.75) is 26.9 Å². The lowest BCUT2D eigenvalue weighted by molar-refractivity contribution is 0.198. The minimum atomic E-state index is -1.04. The number of benzene rings is 2. The van der Waals surface area contributed by atoms with Crippen molar-refractivity contribution < 1.29 is 19.0 Å². The van der Waals surface area contributed by atoms with Gasteiger partial charge in [-0.3, -0.25) is 0 Å². The molecule has 0 saturated carbocycles. The van der Waals surface area contributed by atoms with Gasteiger partial charge in [0.2, 0.25) is 0 Å². The van der Waals surface area contributed by atoms with Crippen molar-refractivity contribution in [1.82, 2.24) is 4.98 Å². The van der Waals surface area contributed by atoms with Gasteiger partial charge in [0.1, 0.15) is 11.6 Å². The molecular formula is C20H25ClF2N2O2. The number of halogens is 3. The number of nitrogens with two attached hydrogens (primary N) is 1. The van der Waals surface area contributed by atoms with E-state index in [1.807, 2.05) is 6.92 Å². The number of nitrogens with one attached hydrogen (secondary N) is 1. The Labute approximate surface area is 162 Å². The van der Waals surface area contributed by atoms with Gasteiger partial charge in [-0.1, -0.05) is 12.1 Å². The maximum atomic E-state index is 13.2. The van der Waals surface area contributed by atoms with E-state index >= 15 is 0 Å². The van der Waals surface area contributed by atoms with Gasteiger partial charge in [-0.15, -0.1) is 11.6 Å². The molecule has 2 aromatic carbocycles. The Hall–Kier alpha value is -2.15. The predicted molar refractivity (Wildman–Crippen MR) is 107 cm³/mol. The Morgan fingerprint density at radius 1 is 1.07 bits per heavy atom. The molecule has 0 aliphatic rings. The van der Waals surface area contributed by atoms with Crippen LogP contribution in [0, 0.1) is 25.5 Å². The number of aliphatic hydroxyl groups is 2. The zero-order chi connectivity index (χ0) is 20.6. The van der Waals surface area contributed by atoms with E-state index in [1.54, 1.807) is 38.2 Å². The van der Waals surface area contributed by atoms with Gasteiger partial charge < -0.3 is 20.9 Å². The maximum Gasteiger partial charge on any atom is 0.132 e. The fourth-order valence-electron chi connectivity index (χ4n) is 2.40. The van der Waals surface area contributed by atoms with Gasteiger partial charge in [-0.25, -0.2) is 8.78 Å². The summed E-state index contributed by atoms with van der Waals surface area (Å²) in [6.07, 6.45) is 0.711. The number of H-pyrrole nitrogens is 1. The van der Waals surface area contributed by atoms with Crippen molar-refractivity contribution in [3.63, 3.8) is 0 Å². The first-order valence-electron chi connectivity index (χ1n) is 8.39. The maximum absolute atomic E-state index is 13.2. The molecular weight excluding hydrogens is 374 g/mol. The number of aryl methyl sites for hydroxylation is 2. The number of alkyl halides is 1. The number of aromatic nitrogens is 1. The smallest absolute Gasteiger partial charge is 0.132 e.